The molecular formula is C32H43N3O4S2. The van der Waals surface area contributed by atoms with Gasteiger partial charge in [-0.05, 0) is 56.5 Å². The van der Waals surface area contributed by atoms with Crippen LogP contribution in [0, 0.1) is 13.8 Å². The molecule has 0 bridgehead atoms. The Morgan fingerprint density at radius 3 is 1.37 bits per heavy atom. The number of benzene rings is 3. The fraction of sp³-hybridized carbons (Fsp3) is 0.438. The zero-order chi connectivity index (χ0) is 29.3. The molecule has 4 rings (SSSR count). The maximum Gasteiger partial charge on any atom is 0.243 e. The molecule has 0 saturated carbocycles. The first kappa shape index (κ1) is 31.4. The molecule has 1 fully saturated rings. The van der Waals surface area contributed by atoms with Gasteiger partial charge >= 0.3 is 0 Å². The molecule has 1 saturated heterocycles. The minimum absolute atomic E-state index is 0.314. The molecule has 0 aromatic heterocycles. The highest BCUT2D eigenvalue weighted by atomic mass is 32.2. The molecule has 0 atom stereocenters. The molecule has 0 radical (unpaired) electrons. The Morgan fingerprint density at radius 1 is 0.512 bits per heavy atom. The van der Waals surface area contributed by atoms with Crippen LogP contribution in [0.5, 0.6) is 0 Å². The van der Waals surface area contributed by atoms with E-state index in [9.17, 15) is 16.8 Å². The maximum absolute atomic E-state index is 13.7. The smallest absolute Gasteiger partial charge is 0.243 e. The molecule has 1 heterocycles. The zero-order valence-electron chi connectivity index (χ0n) is 24.3. The summed E-state index contributed by atoms with van der Waals surface area (Å²) < 4.78 is 58.0. The summed E-state index contributed by atoms with van der Waals surface area (Å²) in [7, 11) is -7.31. The van der Waals surface area contributed by atoms with Gasteiger partial charge in [0.15, 0.2) is 0 Å². The topological polar surface area (TPSA) is 78.0 Å². The first-order valence-electron chi connectivity index (χ1n) is 14.6. The van der Waals surface area contributed by atoms with E-state index in [1.54, 1.807) is 32.9 Å². The van der Waals surface area contributed by atoms with Gasteiger partial charge in [-0.25, -0.2) is 16.8 Å². The second kappa shape index (κ2) is 14.6. The first-order valence-corrected chi connectivity index (χ1v) is 17.4. The number of rotatable bonds is 6. The van der Waals surface area contributed by atoms with E-state index in [0.717, 1.165) is 48.8 Å². The molecule has 9 heteroatoms. The van der Waals surface area contributed by atoms with Crippen LogP contribution >= 0.6 is 0 Å². The van der Waals surface area contributed by atoms with Gasteiger partial charge in [-0.2, -0.15) is 8.61 Å². The highest BCUT2D eigenvalue weighted by molar-refractivity contribution is 7.89. The average molecular weight is 598 g/mol. The minimum atomic E-state index is -3.65. The van der Waals surface area contributed by atoms with Crippen molar-refractivity contribution in [2.75, 3.05) is 39.3 Å². The second-order valence-electron chi connectivity index (χ2n) is 11.0. The van der Waals surface area contributed by atoms with Gasteiger partial charge in [0.1, 0.15) is 0 Å². The summed E-state index contributed by atoms with van der Waals surface area (Å²) in [6.07, 6.45) is 4.29. The van der Waals surface area contributed by atoms with Gasteiger partial charge in [0.05, 0.1) is 9.79 Å². The third-order valence-electron chi connectivity index (χ3n) is 7.71. The van der Waals surface area contributed by atoms with Crippen molar-refractivity contribution in [3.63, 3.8) is 0 Å². The van der Waals surface area contributed by atoms with Crippen molar-refractivity contribution in [1.82, 2.24) is 13.5 Å². The van der Waals surface area contributed by atoms with Gasteiger partial charge < -0.3 is 0 Å². The Bertz CT molecular complexity index is 1350. The maximum atomic E-state index is 13.7. The molecule has 0 amide bonds. The van der Waals surface area contributed by atoms with Crippen LogP contribution in [0.1, 0.15) is 48.8 Å². The molecule has 0 unspecified atom stereocenters. The van der Waals surface area contributed by atoms with Crippen molar-refractivity contribution in [3.8, 4) is 0 Å². The SMILES string of the molecule is Cc1ccc(S(=O)(=O)N2CCCCCCCN(S(=O)(=O)c3ccc(C)cc3)CCN(Cc3ccccc3)CC2)cc1. The standard InChI is InChI=1S/C32H43N3O4S2/c1-28-13-17-31(18-14-28)40(36,37)34-21-9-4-3-5-10-22-35(41(38,39)32-19-15-29(2)16-20-32)26-24-33(23-25-34)27-30-11-7-6-8-12-30/h6-8,11-20H,3-5,9-10,21-27H2,1-2H3. The van der Waals surface area contributed by atoms with Crippen LogP contribution in [-0.4, -0.2) is 69.6 Å². The van der Waals surface area contributed by atoms with Gasteiger partial charge in [0.25, 0.3) is 0 Å². The van der Waals surface area contributed by atoms with Crippen LogP contribution < -0.4 is 0 Å². The second-order valence-corrected chi connectivity index (χ2v) is 14.8. The van der Waals surface area contributed by atoms with E-state index < -0.39 is 20.0 Å². The first-order chi connectivity index (χ1) is 19.7. The molecule has 3 aromatic rings. The van der Waals surface area contributed by atoms with E-state index in [4.69, 9.17) is 0 Å². The van der Waals surface area contributed by atoms with E-state index in [-0.39, 0.29) is 0 Å². The van der Waals surface area contributed by atoms with Crippen LogP contribution in [0.2, 0.25) is 0 Å². The Labute approximate surface area is 246 Å². The largest absolute Gasteiger partial charge is 0.296 e. The van der Waals surface area contributed by atoms with Gasteiger partial charge in [-0.1, -0.05) is 85.0 Å². The minimum Gasteiger partial charge on any atom is -0.296 e. The highest BCUT2D eigenvalue weighted by Crippen LogP contribution is 2.21. The van der Waals surface area contributed by atoms with Crippen molar-refractivity contribution >= 4 is 20.0 Å². The van der Waals surface area contributed by atoms with E-state index in [2.05, 4.69) is 4.90 Å². The van der Waals surface area contributed by atoms with Gasteiger partial charge in [-0.3, -0.25) is 4.90 Å². The monoisotopic (exact) mass is 597 g/mol. The summed E-state index contributed by atoms with van der Waals surface area (Å²) in [5.74, 6) is 0. The number of hydrogen-bond acceptors (Lipinski definition) is 5. The molecule has 0 aliphatic carbocycles. The van der Waals surface area contributed by atoms with Crippen LogP contribution in [0.4, 0.5) is 0 Å². The van der Waals surface area contributed by atoms with Gasteiger partial charge in [0.2, 0.25) is 20.0 Å². The zero-order valence-corrected chi connectivity index (χ0v) is 25.9. The summed E-state index contributed by atoms with van der Waals surface area (Å²) in [6, 6.07) is 24.1. The fourth-order valence-electron chi connectivity index (χ4n) is 5.15. The molecule has 41 heavy (non-hydrogen) atoms. The van der Waals surface area contributed by atoms with Crippen molar-refractivity contribution in [3.05, 3.63) is 95.6 Å². The quantitative estimate of drug-likeness (QED) is 0.378. The number of nitrogens with zero attached hydrogens (tertiary/aromatic N) is 3. The number of hydrogen-bond donors (Lipinski definition) is 0. The summed E-state index contributed by atoms with van der Waals surface area (Å²) in [6.45, 7) is 7.13. The summed E-state index contributed by atoms with van der Waals surface area (Å²) >= 11 is 0. The highest BCUT2D eigenvalue weighted by Gasteiger charge is 2.27. The lowest BCUT2D eigenvalue weighted by molar-refractivity contribution is 0.221. The molecule has 0 spiro atoms. The normalized spacial score (nSPS) is 18.1. The third kappa shape index (κ3) is 8.72. The predicted octanol–water partition coefficient (Wildman–Crippen LogP) is 5.45. The summed E-state index contributed by atoms with van der Waals surface area (Å²) in [5, 5.41) is 0. The average Bonchev–Trinajstić information content (AvgIpc) is 2.95. The summed E-state index contributed by atoms with van der Waals surface area (Å²) in [5.41, 5.74) is 3.14. The molecule has 3 aromatic carbocycles. The van der Waals surface area contributed by atoms with Crippen LogP contribution in [-0.2, 0) is 26.6 Å². The van der Waals surface area contributed by atoms with Crippen molar-refractivity contribution in [2.24, 2.45) is 0 Å². The Hall–Kier alpha value is -2.56. The predicted molar refractivity (Wildman–Crippen MR) is 165 cm³/mol. The molecule has 1 aliphatic heterocycles. The Balaban J connectivity index is 1.59. The van der Waals surface area contributed by atoms with E-state index >= 15 is 0 Å². The number of aryl methyl sites for hydroxylation is 2. The van der Waals surface area contributed by atoms with E-state index in [0.29, 0.717) is 55.6 Å². The molecule has 1 aliphatic rings. The van der Waals surface area contributed by atoms with Gasteiger partial charge in [0, 0.05) is 45.8 Å². The Morgan fingerprint density at radius 2 is 0.927 bits per heavy atom. The Kier molecular flexibility index (Phi) is 11.1. The van der Waals surface area contributed by atoms with Crippen LogP contribution in [0.3, 0.4) is 0 Å². The van der Waals surface area contributed by atoms with E-state index in [1.807, 2.05) is 68.4 Å². The van der Waals surface area contributed by atoms with Gasteiger partial charge in [-0.15, -0.1) is 0 Å². The lowest BCUT2D eigenvalue weighted by Gasteiger charge is -2.30. The molecule has 0 N–H and O–H groups in total. The molecular weight excluding hydrogens is 555 g/mol. The fourth-order valence-corrected chi connectivity index (χ4v) is 8.09. The van der Waals surface area contributed by atoms with Crippen LogP contribution in [0.15, 0.2) is 88.7 Å². The van der Waals surface area contributed by atoms with Crippen molar-refractivity contribution < 1.29 is 16.8 Å². The lowest BCUT2D eigenvalue weighted by Crippen LogP contribution is -2.43. The van der Waals surface area contributed by atoms with E-state index in [1.165, 1.54) is 0 Å². The lowest BCUT2D eigenvalue weighted by atomic mass is 10.1. The molecule has 222 valence electrons. The summed E-state index contributed by atoms with van der Waals surface area (Å²) in [4.78, 5) is 2.81. The van der Waals surface area contributed by atoms with Crippen molar-refractivity contribution in [2.45, 2.75) is 62.3 Å². The third-order valence-corrected chi connectivity index (χ3v) is 11.5. The van der Waals surface area contributed by atoms with Crippen molar-refractivity contribution in [1.29, 1.82) is 0 Å². The number of sulfonamides is 2. The van der Waals surface area contributed by atoms with Crippen LogP contribution in [0.25, 0.3) is 0 Å². The molecule has 7 nitrogen and oxygen atoms in total.